The van der Waals surface area contributed by atoms with Gasteiger partial charge in [-0.3, -0.25) is 10.1 Å². The fourth-order valence-corrected chi connectivity index (χ4v) is 4.42. The third-order valence-corrected chi connectivity index (χ3v) is 5.61. The van der Waals surface area contributed by atoms with Crippen molar-refractivity contribution in [3.05, 3.63) is 33.4 Å². The standard InChI is InChI=1S/C14H21N3O4S.ClH/c1-10-6-13(17(18)19)7-11(2)14(10)22(20,21)16-9-12-4-3-5-15-8-12;/h6-7,12,15-16H,3-5,8-9H2,1-2H3;1H. The van der Waals surface area contributed by atoms with Gasteiger partial charge < -0.3 is 5.32 Å². The van der Waals surface area contributed by atoms with Crippen LogP contribution in [0.25, 0.3) is 0 Å². The SMILES string of the molecule is Cc1cc([N+](=O)[O-])cc(C)c1S(=O)(=O)NCC1CCCNC1.Cl. The number of sulfonamides is 1. The van der Waals surface area contributed by atoms with Crippen LogP contribution < -0.4 is 10.0 Å². The fraction of sp³-hybridized carbons (Fsp3) is 0.571. The summed E-state index contributed by atoms with van der Waals surface area (Å²) in [5.41, 5.74) is 0.687. The molecule has 1 aliphatic rings. The Morgan fingerprint density at radius 3 is 2.43 bits per heavy atom. The van der Waals surface area contributed by atoms with E-state index in [1.807, 2.05) is 0 Å². The van der Waals surface area contributed by atoms with Gasteiger partial charge in [0.05, 0.1) is 9.82 Å². The van der Waals surface area contributed by atoms with E-state index in [2.05, 4.69) is 10.0 Å². The first kappa shape index (κ1) is 19.8. The molecule has 1 aromatic rings. The molecule has 23 heavy (non-hydrogen) atoms. The lowest BCUT2D eigenvalue weighted by atomic mass is 10.0. The average Bonchev–Trinajstić information content (AvgIpc) is 2.45. The summed E-state index contributed by atoms with van der Waals surface area (Å²) in [6.45, 7) is 5.32. The van der Waals surface area contributed by atoms with E-state index in [0.717, 1.165) is 25.9 Å². The van der Waals surface area contributed by atoms with Crippen LogP contribution in [0.4, 0.5) is 5.69 Å². The first-order valence-corrected chi connectivity index (χ1v) is 8.75. The van der Waals surface area contributed by atoms with Gasteiger partial charge in [0.25, 0.3) is 5.69 Å². The molecular formula is C14H22ClN3O4S. The average molecular weight is 364 g/mol. The van der Waals surface area contributed by atoms with Gasteiger partial charge in [-0.1, -0.05) is 0 Å². The summed E-state index contributed by atoms with van der Waals surface area (Å²) in [5, 5.41) is 14.1. The van der Waals surface area contributed by atoms with Crippen LogP contribution in [0.3, 0.4) is 0 Å². The lowest BCUT2D eigenvalue weighted by molar-refractivity contribution is -0.385. The predicted molar refractivity (Wildman–Crippen MR) is 90.6 cm³/mol. The third kappa shape index (κ3) is 4.87. The second kappa shape index (κ2) is 8.05. The maximum Gasteiger partial charge on any atom is 0.270 e. The Hall–Kier alpha value is -1.22. The van der Waals surface area contributed by atoms with E-state index in [-0.39, 0.29) is 28.9 Å². The molecule has 0 amide bonds. The molecule has 0 spiro atoms. The summed E-state index contributed by atoms with van der Waals surface area (Å²) in [4.78, 5) is 10.5. The lowest BCUT2D eigenvalue weighted by Gasteiger charge is -2.23. The summed E-state index contributed by atoms with van der Waals surface area (Å²) in [7, 11) is -3.66. The maximum absolute atomic E-state index is 12.5. The number of non-ortho nitro benzene ring substituents is 1. The van der Waals surface area contributed by atoms with E-state index in [1.165, 1.54) is 12.1 Å². The minimum absolute atomic E-state index is 0. The van der Waals surface area contributed by atoms with Gasteiger partial charge in [0.2, 0.25) is 10.0 Å². The quantitative estimate of drug-likeness (QED) is 0.614. The van der Waals surface area contributed by atoms with Crippen molar-refractivity contribution in [2.45, 2.75) is 31.6 Å². The van der Waals surface area contributed by atoms with Gasteiger partial charge in [-0.05, 0) is 56.8 Å². The van der Waals surface area contributed by atoms with Gasteiger partial charge in [-0.25, -0.2) is 13.1 Å². The molecule has 1 heterocycles. The van der Waals surface area contributed by atoms with Crippen molar-refractivity contribution >= 4 is 28.1 Å². The van der Waals surface area contributed by atoms with Crippen LogP contribution in [-0.4, -0.2) is 33.0 Å². The molecule has 0 radical (unpaired) electrons. The zero-order valence-electron chi connectivity index (χ0n) is 13.2. The second-order valence-corrected chi connectivity index (χ2v) is 7.43. The molecule has 0 aliphatic carbocycles. The molecule has 2 rings (SSSR count). The second-order valence-electron chi connectivity index (χ2n) is 5.73. The number of benzene rings is 1. The van der Waals surface area contributed by atoms with Crippen LogP contribution in [0.1, 0.15) is 24.0 Å². The number of nitro groups is 1. The van der Waals surface area contributed by atoms with Crippen molar-refractivity contribution in [1.29, 1.82) is 0 Å². The summed E-state index contributed by atoms with van der Waals surface area (Å²) in [6.07, 6.45) is 2.04. The van der Waals surface area contributed by atoms with Gasteiger partial charge >= 0.3 is 0 Å². The Morgan fingerprint density at radius 1 is 1.35 bits per heavy atom. The highest BCUT2D eigenvalue weighted by molar-refractivity contribution is 7.89. The van der Waals surface area contributed by atoms with Crippen molar-refractivity contribution in [1.82, 2.24) is 10.0 Å². The van der Waals surface area contributed by atoms with Crippen LogP contribution in [0.15, 0.2) is 17.0 Å². The molecule has 1 atom stereocenters. The fourth-order valence-electron chi connectivity index (χ4n) is 2.85. The van der Waals surface area contributed by atoms with E-state index in [0.29, 0.717) is 17.7 Å². The van der Waals surface area contributed by atoms with Gasteiger partial charge in [-0.15, -0.1) is 12.4 Å². The Labute approximate surface area is 142 Å². The number of aryl methyl sites for hydroxylation is 2. The highest BCUT2D eigenvalue weighted by Gasteiger charge is 2.24. The minimum atomic E-state index is -3.66. The van der Waals surface area contributed by atoms with E-state index >= 15 is 0 Å². The number of nitrogens with one attached hydrogen (secondary N) is 2. The number of nitro benzene ring substituents is 1. The molecule has 1 aliphatic heterocycles. The monoisotopic (exact) mass is 363 g/mol. The van der Waals surface area contributed by atoms with Crippen molar-refractivity contribution < 1.29 is 13.3 Å². The predicted octanol–water partition coefficient (Wildman–Crippen LogP) is 1.91. The number of hydrogen-bond acceptors (Lipinski definition) is 5. The third-order valence-electron chi connectivity index (χ3n) is 3.89. The maximum atomic E-state index is 12.5. The first-order chi connectivity index (χ1) is 10.3. The van der Waals surface area contributed by atoms with Gasteiger partial charge in [0.1, 0.15) is 0 Å². The Bertz CT molecular complexity index is 650. The highest BCUT2D eigenvalue weighted by atomic mass is 35.5. The van der Waals surface area contributed by atoms with Gasteiger partial charge in [-0.2, -0.15) is 0 Å². The molecule has 0 bridgehead atoms. The number of rotatable bonds is 5. The molecule has 1 fully saturated rings. The topological polar surface area (TPSA) is 101 Å². The normalized spacial score (nSPS) is 18.3. The van der Waals surface area contributed by atoms with Crippen molar-refractivity contribution in [3.63, 3.8) is 0 Å². The van der Waals surface area contributed by atoms with Crippen molar-refractivity contribution in [3.8, 4) is 0 Å². The molecule has 130 valence electrons. The first-order valence-electron chi connectivity index (χ1n) is 7.27. The molecule has 1 saturated heterocycles. The summed E-state index contributed by atoms with van der Waals surface area (Å²) in [6, 6.07) is 2.59. The molecular weight excluding hydrogens is 342 g/mol. The van der Waals surface area contributed by atoms with Crippen LogP contribution >= 0.6 is 12.4 Å². The molecule has 0 saturated carbocycles. The zero-order valence-corrected chi connectivity index (χ0v) is 14.8. The molecule has 1 unspecified atom stereocenters. The van der Waals surface area contributed by atoms with Crippen molar-refractivity contribution in [2.75, 3.05) is 19.6 Å². The summed E-state index contributed by atoms with van der Waals surface area (Å²) >= 11 is 0. The molecule has 7 nitrogen and oxygen atoms in total. The number of hydrogen-bond donors (Lipinski definition) is 2. The van der Waals surface area contributed by atoms with Crippen LogP contribution in [0.5, 0.6) is 0 Å². The van der Waals surface area contributed by atoms with Crippen LogP contribution in [-0.2, 0) is 10.0 Å². The Balaban J connectivity index is 0.00000264. The van der Waals surface area contributed by atoms with Gasteiger partial charge in [0.15, 0.2) is 0 Å². The Morgan fingerprint density at radius 2 is 1.96 bits per heavy atom. The van der Waals surface area contributed by atoms with Crippen LogP contribution in [0.2, 0.25) is 0 Å². The van der Waals surface area contributed by atoms with E-state index in [4.69, 9.17) is 0 Å². The molecule has 9 heteroatoms. The number of piperidine rings is 1. The van der Waals surface area contributed by atoms with Crippen molar-refractivity contribution in [2.24, 2.45) is 5.92 Å². The largest absolute Gasteiger partial charge is 0.316 e. The van der Waals surface area contributed by atoms with E-state index < -0.39 is 14.9 Å². The minimum Gasteiger partial charge on any atom is -0.316 e. The molecule has 2 N–H and O–H groups in total. The Kier molecular flexibility index (Phi) is 6.94. The number of halogens is 1. The summed E-state index contributed by atoms with van der Waals surface area (Å²) in [5.74, 6) is 0.280. The van der Waals surface area contributed by atoms with Crippen LogP contribution in [0, 0.1) is 29.9 Å². The zero-order chi connectivity index (χ0) is 16.3. The number of nitrogens with zero attached hydrogens (tertiary/aromatic N) is 1. The lowest BCUT2D eigenvalue weighted by Crippen LogP contribution is -2.38. The van der Waals surface area contributed by atoms with Gasteiger partial charge in [0, 0.05) is 18.7 Å². The smallest absolute Gasteiger partial charge is 0.270 e. The van der Waals surface area contributed by atoms with E-state index in [9.17, 15) is 18.5 Å². The molecule has 0 aromatic heterocycles. The molecule has 1 aromatic carbocycles. The van der Waals surface area contributed by atoms with E-state index in [1.54, 1.807) is 13.8 Å². The highest BCUT2D eigenvalue weighted by Crippen LogP contribution is 2.25. The summed E-state index contributed by atoms with van der Waals surface area (Å²) < 4.78 is 27.6.